The normalized spacial score (nSPS) is 15.2. The van der Waals surface area contributed by atoms with Crippen LogP contribution >= 0.6 is 7.82 Å². The minimum atomic E-state index is -4.34. The third-order valence-electron chi connectivity index (χ3n) is 7.83. The van der Waals surface area contributed by atoms with Crippen LogP contribution < -0.4 is 5.32 Å². The van der Waals surface area contributed by atoms with Gasteiger partial charge in [-0.25, -0.2) is 4.57 Å². The molecule has 0 aliphatic carbocycles. The number of hydrogen-bond acceptors (Lipinski definition) is 5. The first-order valence-electron chi connectivity index (χ1n) is 18.4. The molecule has 0 bridgehead atoms. The van der Waals surface area contributed by atoms with Crippen molar-refractivity contribution in [3.8, 4) is 0 Å². The number of carbonyl (C=O) groups excluding carboxylic acids is 1. The predicted molar refractivity (Wildman–Crippen MR) is 194 cm³/mol. The van der Waals surface area contributed by atoms with Gasteiger partial charge in [0.1, 0.15) is 13.2 Å². The number of allylic oxidation sites excluding steroid dienone is 5. The SMILES string of the molecule is CCCCCC/C=C\CCCC(=O)NC(COP(=O)(O)OCC[N+](C)(C)C)C(O)/C=C/CC/C=C/CCCCCCCCCCC. The summed E-state index contributed by atoms with van der Waals surface area (Å²) < 4.78 is 23.3. The van der Waals surface area contributed by atoms with Gasteiger partial charge in [-0.3, -0.25) is 13.8 Å². The summed E-state index contributed by atoms with van der Waals surface area (Å²) in [6.45, 7) is 4.70. The lowest BCUT2D eigenvalue weighted by molar-refractivity contribution is -0.870. The summed E-state index contributed by atoms with van der Waals surface area (Å²) in [5.74, 6) is -0.226. The maximum Gasteiger partial charge on any atom is 0.472 e. The van der Waals surface area contributed by atoms with Crippen LogP contribution in [0.2, 0.25) is 0 Å². The average molecular weight is 672 g/mol. The van der Waals surface area contributed by atoms with Crippen LogP contribution in [0.25, 0.3) is 0 Å². The van der Waals surface area contributed by atoms with E-state index >= 15 is 0 Å². The van der Waals surface area contributed by atoms with Crippen molar-refractivity contribution in [2.45, 2.75) is 154 Å². The van der Waals surface area contributed by atoms with Crippen molar-refractivity contribution in [1.82, 2.24) is 5.32 Å². The van der Waals surface area contributed by atoms with Crippen molar-refractivity contribution >= 4 is 13.7 Å². The number of nitrogens with zero attached hydrogens (tertiary/aromatic N) is 1. The lowest BCUT2D eigenvalue weighted by Gasteiger charge is -2.25. The monoisotopic (exact) mass is 672 g/mol. The van der Waals surface area contributed by atoms with Crippen LogP contribution in [0.3, 0.4) is 0 Å². The lowest BCUT2D eigenvalue weighted by atomic mass is 10.1. The Balaban J connectivity index is 4.65. The number of carbonyl (C=O) groups is 1. The summed E-state index contributed by atoms with van der Waals surface area (Å²) in [5, 5.41) is 13.6. The van der Waals surface area contributed by atoms with E-state index in [1.807, 2.05) is 27.2 Å². The van der Waals surface area contributed by atoms with Gasteiger partial charge >= 0.3 is 7.82 Å². The Morgan fingerprint density at radius 3 is 1.76 bits per heavy atom. The molecule has 0 aromatic carbocycles. The topological polar surface area (TPSA) is 105 Å². The van der Waals surface area contributed by atoms with E-state index in [0.717, 1.165) is 32.1 Å². The third kappa shape index (κ3) is 31.3. The highest BCUT2D eigenvalue weighted by atomic mass is 31.2. The maximum atomic E-state index is 12.7. The molecule has 3 N–H and O–H groups in total. The number of rotatable bonds is 32. The molecule has 9 heteroatoms. The molecule has 0 aliphatic rings. The Morgan fingerprint density at radius 2 is 1.20 bits per heavy atom. The number of aliphatic hydroxyl groups is 1. The fourth-order valence-electron chi connectivity index (χ4n) is 4.82. The highest BCUT2D eigenvalue weighted by molar-refractivity contribution is 7.47. The molecule has 0 saturated carbocycles. The summed E-state index contributed by atoms with van der Waals surface area (Å²) in [7, 11) is 1.53. The Labute approximate surface area is 283 Å². The molecule has 270 valence electrons. The Bertz CT molecular complexity index is 855. The third-order valence-corrected chi connectivity index (χ3v) is 8.82. The van der Waals surface area contributed by atoms with Crippen LogP contribution in [0, 0.1) is 0 Å². The summed E-state index contributed by atoms with van der Waals surface area (Å²) in [6, 6.07) is -0.873. The molecule has 3 unspecified atom stereocenters. The van der Waals surface area contributed by atoms with Crippen LogP contribution in [0.1, 0.15) is 142 Å². The van der Waals surface area contributed by atoms with Crippen molar-refractivity contribution in [1.29, 1.82) is 0 Å². The molecule has 0 aromatic rings. The first kappa shape index (κ1) is 44.7. The van der Waals surface area contributed by atoms with E-state index in [0.29, 0.717) is 23.9 Å². The number of quaternary nitrogens is 1. The van der Waals surface area contributed by atoms with E-state index in [1.54, 1.807) is 6.08 Å². The molecule has 0 saturated heterocycles. The Hall–Kier alpha value is -1.28. The number of amides is 1. The molecule has 8 nitrogen and oxygen atoms in total. The van der Waals surface area contributed by atoms with Crippen molar-refractivity contribution in [3.63, 3.8) is 0 Å². The summed E-state index contributed by atoms with van der Waals surface area (Å²) in [6.07, 6.45) is 33.7. The van der Waals surface area contributed by atoms with E-state index in [9.17, 15) is 19.4 Å². The molecule has 0 spiro atoms. The standard InChI is InChI=1S/C37H71N2O6P/c1-6-8-10-12-14-16-17-18-19-20-21-23-24-26-28-30-36(40)35(34-45-46(42,43)44-33-32-39(3,4)5)38-37(41)31-29-27-25-22-15-13-11-9-7-2/h21-23,25,28,30,35-36,40H,6-20,24,26-27,29,31-34H2,1-5H3,(H-,38,41,42,43)/p+1/b23-21+,25-22-,30-28+. The van der Waals surface area contributed by atoms with Crippen molar-refractivity contribution in [3.05, 3.63) is 36.5 Å². The lowest BCUT2D eigenvalue weighted by Crippen LogP contribution is -2.45. The molecule has 0 radical (unpaired) electrons. The van der Waals surface area contributed by atoms with Gasteiger partial charge in [0.05, 0.1) is 39.9 Å². The van der Waals surface area contributed by atoms with Crippen molar-refractivity contribution < 1.29 is 32.9 Å². The van der Waals surface area contributed by atoms with Gasteiger partial charge in [-0.2, -0.15) is 0 Å². The molecule has 1 amide bonds. The maximum absolute atomic E-state index is 12.7. The highest BCUT2D eigenvalue weighted by Gasteiger charge is 2.27. The number of unbranched alkanes of at least 4 members (excludes halogenated alkanes) is 15. The van der Waals surface area contributed by atoms with Crippen LogP contribution in [-0.4, -0.2) is 73.4 Å². The Kier molecular flexibility index (Phi) is 29.0. The van der Waals surface area contributed by atoms with Gasteiger partial charge in [-0.1, -0.05) is 121 Å². The fraction of sp³-hybridized carbons (Fsp3) is 0.811. The van der Waals surface area contributed by atoms with Gasteiger partial charge in [-0.15, -0.1) is 0 Å². The second-order valence-corrected chi connectivity index (χ2v) is 15.0. The molecule has 0 aromatic heterocycles. The first-order valence-corrected chi connectivity index (χ1v) is 19.9. The molecular formula is C37H72N2O6P+. The van der Waals surface area contributed by atoms with Crippen LogP contribution in [0.15, 0.2) is 36.5 Å². The predicted octanol–water partition coefficient (Wildman–Crippen LogP) is 9.18. The van der Waals surface area contributed by atoms with Gasteiger partial charge in [0, 0.05) is 6.42 Å². The second-order valence-electron chi connectivity index (χ2n) is 13.6. The number of aliphatic hydroxyl groups excluding tert-OH is 1. The number of hydrogen-bond donors (Lipinski definition) is 3. The quantitative estimate of drug-likeness (QED) is 0.0285. The van der Waals surface area contributed by atoms with E-state index < -0.39 is 20.0 Å². The number of phosphoric ester groups is 1. The minimum Gasteiger partial charge on any atom is -0.387 e. The van der Waals surface area contributed by atoms with E-state index in [4.69, 9.17) is 9.05 Å². The van der Waals surface area contributed by atoms with Gasteiger partial charge in [0.25, 0.3) is 0 Å². The summed E-state index contributed by atoms with van der Waals surface area (Å²) in [4.78, 5) is 22.8. The highest BCUT2D eigenvalue weighted by Crippen LogP contribution is 2.43. The first-order chi connectivity index (χ1) is 22.0. The van der Waals surface area contributed by atoms with Crippen LogP contribution in [0.5, 0.6) is 0 Å². The second kappa shape index (κ2) is 29.8. The van der Waals surface area contributed by atoms with E-state index in [2.05, 4.69) is 43.5 Å². The smallest absolute Gasteiger partial charge is 0.387 e. The summed E-state index contributed by atoms with van der Waals surface area (Å²) in [5.41, 5.74) is 0. The number of phosphoric acid groups is 1. The van der Waals surface area contributed by atoms with Gasteiger partial charge in [0.15, 0.2) is 0 Å². The van der Waals surface area contributed by atoms with E-state index in [-0.39, 0.29) is 19.1 Å². The molecular weight excluding hydrogens is 599 g/mol. The van der Waals surface area contributed by atoms with Crippen LogP contribution in [0.4, 0.5) is 0 Å². The molecule has 0 rings (SSSR count). The zero-order valence-corrected chi connectivity index (χ0v) is 31.2. The zero-order valence-electron chi connectivity index (χ0n) is 30.3. The van der Waals surface area contributed by atoms with Gasteiger partial charge < -0.3 is 19.8 Å². The Morgan fingerprint density at radius 1 is 0.717 bits per heavy atom. The van der Waals surface area contributed by atoms with Crippen molar-refractivity contribution in [2.24, 2.45) is 0 Å². The molecule has 0 aliphatic heterocycles. The van der Waals surface area contributed by atoms with Crippen molar-refractivity contribution in [2.75, 3.05) is 40.9 Å². The fourth-order valence-corrected chi connectivity index (χ4v) is 5.56. The van der Waals surface area contributed by atoms with E-state index in [1.165, 1.54) is 83.5 Å². The molecule has 0 heterocycles. The summed E-state index contributed by atoms with van der Waals surface area (Å²) >= 11 is 0. The zero-order chi connectivity index (χ0) is 34.4. The average Bonchev–Trinajstić information content (AvgIpc) is 2.99. The number of nitrogens with one attached hydrogen (secondary N) is 1. The molecule has 3 atom stereocenters. The van der Waals surface area contributed by atoms with Crippen LogP contribution in [-0.2, 0) is 18.4 Å². The number of likely N-dealkylation sites (N-methyl/N-ethyl adjacent to an activating group) is 1. The molecule has 46 heavy (non-hydrogen) atoms. The molecule has 0 fully saturated rings. The largest absolute Gasteiger partial charge is 0.472 e. The van der Waals surface area contributed by atoms with Gasteiger partial charge in [0.2, 0.25) is 5.91 Å². The van der Waals surface area contributed by atoms with Gasteiger partial charge in [-0.05, 0) is 51.4 Å². The minimum absolute atomic E-state index is 0.0511.